The zero-order valence-corrected chi connectivity index (χ0v) is 14.8. The molecule has 0 saturated heterocycles. The predicted molar refractivity (Wildman–Crippen MR) is 87.1 cm³/mol. The summed E-state index contributed by atoms with van der Waals surface area (Å²) in [5.41, 5.74) is -2.83. The summed E-state index contributed by atoms with van der Waals surface area (Å²) in [4.78, 5) is 40.6. The highest BCUT2D eigenvalue weighted by molar-refractivity contribution is 6.18. The van der Waals surface area contributed by atoms with Gasteiger partial charge in [0.05, 0.1) is 18.6 Å². The molecule has 5 aliphatic rings. The molecule has 3 unspecified atom stereocenters. The molecule has 5 rings (SSSR count). The molecule has 1 N–H and O–H groups in total. The molecule has 0 aliphatic heterocycles. The van der Waals surface area contributed by atoms with Crippen molar-refractivity contribution in [2.75, 3.05) is 7.11 Å². The average molecular weight is 344 g/mol. The predicted octanol–water partition coefficient (Wildman–Crippen LogP) is 1.53. The Bertz CT molecular complexity index is 755. The summed E-state index contributed by atoms with van der Waals surface area (Å²) in [6.07, 6.45) is 5.27. The van der Waals surface area contributed by atoms with Crippen LogP contribution >= 0.6 is 0 Å². The van der Waals surface area contributed by atoms with Crippen molar-refractivity contribution in [3.63, 3.8) is 0 Å². The van der Waals surface area contributed by atoms with Crippen molar-refractivity contribution in [2.24, 2.45) is 45.8 Å². The third-order valence-corrected chi connectivity index (χ3v) is 8.48. The molecule has 5 aliphatic carbocycles. The molecular formula is C20H24O5. The highest BCUT2D eigenvalue weighted by Gasteiger charge is 2.88. The summed E-state index contributed by atoms with van der Waals surface area (Å²) in [6, 6.07) is 0. The van der Waals surface area contributed by atoms with Gasteiger partial charge in [0.1, 0.15) is 11.2 Å². The van der Waals surface area contributed by atoms with E-state index >= 15 is 0 Å². The first-order chi connectivity index (χ1) is 11.8. The number of Topliss-reactive ketones (excluding diaryl/α,β-unsaturated/α-hetero) is 2. The van der Waals surface area contributed by atoms with E-state index in [4.69, 9.17) is 4.74 Å². The minimum absolute atomic E-state index is 0.0171. The highest BCUT2D eigenvalue weighted by Crippen LogP contribution is 2.81. The summed E-state index contributed by atoms with van der Waals surface area (Å²) in [7, 11) is 1.31. The molecule has 0 aromatic carbocycles. The molecule has 0 heterocycles. The Morgan fingerprint density at radius 1 is 1.24 bits per heavy atom. The Morgan fingerprint density at radius 2 is 1.96 bits per heavy atom. The number of fused-ring (bicyclic) bond motifs is 5. The second kappa shape index (κ2) is 4.25. The van der Waals surface area contributed by atoms with E-state index < -0.39 is 40.2 Å². The van der Waals surface area contributed by atoms with E-state index in [1.54, 1.807) is 0 Å². The van der Waals surface area contributed by atoms with Gasteiger partial charge in [-0.1, -0.05) is 26.0 Å². The number of hydrogen-bond donors (Lipinski definition) is 1. The number of rotatable bonds is 1. The fourth-order valence-electron chi connectivity index (χ4n) is 7.42. The van der Waals surface area contributed by atoms with Crippen molar-refractivity contribution in [1.29, 1.82) is 0 Å². The van der Waals surface area contributed by atoms with Crippen LogP contribution in [0.3, 0.4) is 0 Å². The van der Waals surface area contributed by atoms with Crippen molar-refractivity contribution in [3.8, 4) is 0 Å². The molecule has 0 aromatic rings. The van der Waals surface area contributed by atoms with Gasteiger partial charge in [-0.3, -0.25) is 14.4 Å². The van der Waals surface area contributed by atoms with Crippen molar-refractivity contribution in [1.82, 2.24) is 0 Å². The Morgan fingerprint density at radius 3 is 2.64 bits per heavy atom. The van der Waals surface area contributed by atoms with Gasteiger partial charge in [-0.05, 0) is 37.0 Å². The number of ether oxygens (including phenoxy) is 1. The van der Waals surface area contributed by atoms with E-state index in [9.17, 15) is 19.5 Å². The fourth-order valence-corrected chi connectivity index (χ4v) is 7.42. The molecule has 5 heteroatoms. The van der Waals surface area contributed by atoms with Crippen LogP contribution in [-0.2, 0) is 19.1 Å². The largest absolute Gasteiger partial charge is 0.468 e. The Labute approximate surface area is 146 Å². The molecule has 134 valence electrons. The lowest BCUT2D eigenvalue weighted by atomic mass is 9.46. The van der Waals surface area contributed by atoms with Crippen LogP contribution in [0.15, 0.2) is 12.2 Å². The van der Waals surface area contributed by atoms with E-state index in [-0.39, 0.29) is 29.3 Å². The van der Waals surface area contributed by atoms with E-state index in [1.165, 1.54) is 7.11 Å². The van der Waals surface area contributed by atoms with Crippen LogP contribution in [0.2, 0.25) is 0 Å². The topological polar surface area (TPSA) is 80.7 Å². The number of ketones is 2. The van der Waals surface area contributed by atoms with Gasteiger partial charge in [0.2, 0.25) is 0 Å². The number of hydrogen-bond acceptors (Lipinski definition) is 5. The maximum Gasteiger partial charge on any atom is 0.321 e. The van der Waals surface area contributed by atoms with Crippen LogP contribution < -0.4 is 0 Å². The minimum atomic E-state index is -1.39. The lowest BCUT2D eigenvalue weighted by molar-refractivity contribution is -0.184. The molecule has 0 amide bonds. The SMILES string of the molecule is COC(=O)[C@]12C(=O)C3C(C(=O)[C@@]14CC4(C)C=C[C@H]2C)[C@H]1C[C@@H]3C[C@@H]1O. The second-order valence-corrected chi connectivity index (χ2v) is 9.19. The molecule has 25 heavy (non-hydrogen) atoms. The molecule has 0 radical (unpaired) electrons. The number of carbonyl (C=O) groups excluding carboxylic acids is 3. The maximum atomic E-state index is 13.8. The number of carbonyl (C=O) groups is 3. The number of aliphatic hydroxyl groups is 1. The Hall–Kier alpha value is -1.49. The van der Waals surface area contributed by atoms with Gasteiger partial charge >= 0.3 is 5.97 Å². The standard InChI is InChI=1S/C20H24O5/c1-9-4-5-18(2)8-19(18)15(22)14-11-6-10(7-12(11)21)13(14)16(23)20(9,19)17(24)25-3/h4-5,9-14,21H,6-8H2,1-3H3/t9-,10-,11+,12+,13?,14?,18?,19-,20+/m1/s1. The fraction of sp³-hybridized carbons (Fsp3) is 0.750. The molecule has 9 atom stereocenters. The summed E-state index contributed by atoms with van der Waals surface area (Å²) in [5.74, 6) is -1.91. The first kappa shape index (κ1) is 15.7. The van der Waals surface area contributed by atoms with Crippen LogP contribution in [0.25, 0.3) is 0 Å². The van der Waals surface area contributed by atoms with E-state index in [2.05, 4.69) is 0 Å². The summed E-state index contributed by atoms with van der Waals surface area (Å²) in [5, 5.41) is 10.3. The molecule has 0 aromatic heterocycles. The van der Waals surface area contributed by atoms with Crippen molar-refractivity contribution in [3.05, 3.63) is 12.2 Å². The van der Waals surface area contributed by atoms with Crippen LogP contribution in [0.5, 0.6) is 0 Å². The normalized spacial score (nSPS) is 57.8. The van der Waals surface area contributed by atoms with Crippen molar-refractivity contribution < 1.29 is 24.2 Å². The van der Waals surface area contributed by atoms with Crippen LogP contribution in [0, 0.1) is 45.8 Å². The average Bonchev–Trinajstić information content (AvgIpc) is 2.87. The molecule has 2 bridgehead atoms. The van der Waals surface area contributed by atoms with Gasteiger partial charge in [-0.15, -0.1) is 0 Å². The second-order valence-electron chi connectivity index (χ2n) is 9.19. The quantitative estimate of drug-likeness (QED) is 0.443. The highest BCUT2D eigenvalue weighted by atomic mass is 16.5. The first-order valence-corrected chi connectivity index (χ1v) is 9.31. The van der Waals surface area contributed by atoms with Crippen molar-refractivity contribution >= 4 is 17.5 Å². The third kappa shape index (κ3) is 1.33. The number of methoxy groups -OCH3 is 1. The van der Waals surface area contributed by atoms with E-state index in [1.807, 2.05) is 26.0 Å². The van der Waals surface area contributed by atoms with Gasteiger partial charge in [-0.25, -0.2) is 0 Å². The summed E-state index contributed by atoms with van der Waals surface area (Å²) in [6.45, 7) is 3.84. The van der Waals surface area contributed by atoms with Crippen LogP contribution in [-0.4, -0.2) is 35.9 Å². The minimum Gasteiger partial charge on any atom is -0.468 e. The maximum absolute atomic E-state index is 13.8. The van der Waals surface area contributed by atoms with E-state index in [0.29, 0.717) is 12.8 Å². The van der Waals surface area contributed by atoms with Crippen LogP contribution in [0.1, 0.15) is 33.1 Å². The molecule has 1 spiro atoms. The van der Waals surface area contributed by atoms with Gasteiger partial charge in [0, 0.05) is 17.3 Å². The van der Waals surface area contributed by atoms with Gasteiger partial charge in [0.25, 0.3) is 0 Å². The third-order valence-electron chi connectivity index (χ3n) is 8.48. The summed E-state index contributed by atoms with van der Waals surface area (Å²) >= 11 is 0. The van der Waals surface area contributed by atoms with Gasteiger partial charge in [0.15, 0.2) is 5.78 Å². The lowest BCUT2D eigenvalue weighted by Gasteiger charge is -2.53. The number of esters is 1. The Kier molecular flexibility index (Phi) is 2.68. The van der Waals surface area contributed by atoms with Gasteiger partial charge in [-0.2, -0.15) is 0 Å². The van der Waals surface area contributed by atoms with Gasteiger partial charge < -0.3 is 9.84 Å². The zero-order chi connectivity index (χ0) is 17.9. The number of aliphatic hydroxyl groups excluding tert-OH is 1. The van der Waals surface area contributed by atoms with E-state index in [0.717, 1.165) is 6.42 Å². The number of allylic oxidation sites excluding steroid dienone is 2. The first-order valence-electron chi connectivity index (χ1n) is 9.31. The molecule has 4 fully saturated rings. The Balaban J connectivity index is 1.76. The monoisotopic (exact) mass is 344 g/mol. The lowest BCUT2D eigenvalue weighted by Crippen LogP contribution is -2.66. The smallest absolute Gasteiger partial charge is 0.321 e. The molecular weight excluding hydrogens is 320 g/mol. The molecule has 5 nitrogen and oxygen atoms in total. The zero-order valence-electron chi connectivity index (χ0n) is 14.8. The molecule has 4 saturated carbocycles. The summed E-state index contributed by atoms with van der Waals surface area (Å²) < 4.78 is 5.13. The van der Waals surface area contributed by atoms with Crippen LogP contribution in [0.4, 0.5) is 0 Å². The van der Waals surface area contributed by atoms with Crippen molar-refractivity contribution in [2.45, 2.75) is 39.2 Å².